The highest BCUT2D eigenvalue weighted by molar-refractivity contribution is 5.97. The Hall–Kier alpha value is -2.39. The predicted octanol–water partition coefficient (Wildman–Crippen LogP) is 1.62. The predicted molar refractivity (Wildman–Crippen MR) is 83.9 cm³/mol. The van der Waals surface area contributed by atoms with Crippen molar-refractivity contribution in [3.63, 3.8) is 0 Å². The zero-order valence-electron chi connectivity index (χ0n) is 12.9. The van der Waals surface area contributed by atoms with Gasteiger partial charge in [-0.2, -0.15) is 5.26 Å². The molecule has 2 fully saturated rings. The minimum atomic E-state index is -0.848. The smallest absolute Gasteiger partial charge is 0.252 e. The zero-order valence-corrected chi connectivity index (χ0v) is 12.9. The molecule has 0 atom stereocenters. The Kier molecular flexibility index (Phi) is 4.30. The molecule has 0 bridgehead atoms. The van der Waals surface area contributed by atoms with Gasteiger partial charge in [-0.3, -0.25) is 9.59 Å². The standard InChI is InChI=1S/C17H19N3O3/c18-12-17(7-10-23-11-8-17)19-16(22)13-3-5-14(6-4-13)20-9-1-2-15(20)21/h3-6H,1-2,7-11H2,(H,19,22). The van der Waals surface area contributed by atoms with E-state index in [-0.39, 0.29) is 11.8 Å². The van der Waals surface area contributed by atoms with Gasteiger partial charge in [-0.05, 0) is 30.7 Å². The molecule has 1 aromatic carbocycles. The maximum absolute atomic E-state index is 12.4. The lowest BCUT2D eigenvalue weighted by Gasteiger charge is -2.31. The average molecular weight is 313 g/mol. The Balaban J connectivity index is 1.70. The molecule has 3 rings (SSSR count). The fraction of sp³-hybridized carbons (Fsp3) is 0.471. The van der Waals surface area contributed by atoms with Gasteiger partial charge in [0.2, 0.25) is 5.91 Å². The van der Waals surface area contributed by atoms with Gasteiger partial charge in [-0.25, -0.2) is 0 Å². The number of hydrogen-bond donors (Lipinski definition) is 1. The second-order valence-electron chi connectivity index (χ2n) is 5.96. The molecule has 1 N–H and O–H groups in total. The summed E-state index contributed by atoms with van der Waals surface area (Å²) in [5.41, 5.74) is 0.450. The van der Waals surface area contributed by atoms with Crippen LogP contribution >= 0.6 is 0 Å². The first kappa shape index (κ1) is 15.5. The first-order valence-electron chi connectivity index (χ1n) is 7.85. The van der Waals surface area contributed by atoms with Gasteiger partial charge in [-0.1, -0.05) is 0 Å². The minimum absolute atomic E-state index is 0.118. The molecule has 0 saturated carbocycles. The number of rotatable bonds is 3. The van der Waals surface area contributed by atoms with Crippen LogP contribution in [-0.2, 0) is 9.53 Å². The molecule has 6 heteroatoms. The number of ether oxygens (including phenoxy) is 1. The topological polar surface area (TPSA) is 82.4 Å². The molecule has 120 valence electrons. The van der Waals surface area contributed by atoms with E-state index in [9.17, 15) is 14.9 Å². The fourth-order valence-electron chi connectivity index (χ4n) is 2.99. The third-order valence-electron chi connectivity index (χ3n) is 4.43. The quantitative estimate of drug-likeness (QED) is 0.919. The highest BCUT2D eigenvalue weighted by Gasteiger charge is 2.34. The van der Waals surface area contributed by atoms with Crippen molar-refractivity contribution in [2.24, 2.45) is 0 Å². The number of benzene rings is 1. The van der Waals surface area contributed by atoms with Crippen LogP contribution in [0.2, 0.25) is 0 Å². The highest BCUT2D eigenvalue weighted by atomic mass is 16.5. The van der Waals surface area contributed by atoms with E-state index in [1.54, 1.807) is 29.2 Å². The number of hydrogen-bond acceptors (Lipinski definition) is 4. The van der Waals surface area contributed by atoms with Crippen LogP contribution in [0, 0.1) is 11.3 Å². The molecule has 6 nitrogen and oxygen atoms in total. The van der Waals surface area contributed by atoms with Crippen LogP contribution in [0.1, 0.15) is 36.0 Å². The van der Waals surface area contributed by atoms with Crippen molar-refractivity contribution in [1.82, 2.24) is 5.32 Å². The van der Waals surface area contributed by atoms with Crippen LogP contribution in [-0.4, -0.2) is 37.1 Å². The molecule has 2 aliphatic heterocycles. The number of nitrogens with one attached hydrogen (secondary N) is 1. The van der Waals surface area contributed by atoms with Gasteiger partial charge in [0.15, 0.2) is 0 Å². The van der Waals surface area contributed by atoms with Crippen molar-refractivity contribution in [2.45, 2.75) is 31.2 Å². The lowest BCUT2D eigenvalue weighted by Crippen LogP contribution is -2.50. The summed E-state index contributed by atoms with van der Waals surface area (Å²) in [7, 11) is 0. The molecule has 1 aromatic rings. The van der Waals surface area contributed by atoms with E-state index in [4.69, 9.17) is 4.74 Å². The van der Waals surface area contributed by atoms with Crippen molar-refractivity contribution in [3.05, 3.63) is 29.8 Å². The maximum atomic E-state index is 12.4. The van der Waals surface area contributed by atoms with E-state index in [0.29, 0.717) is 38.0 Å². The molecule has 2 saturated heterocycles. The Bertz CT molecular complexity index is 642. The minimum Gasteiger partial charge on any atom is -0.381 e. The first-order chi connectivity index (χ1) is 11.1. The molecule has 2 heterocycles. The number of nitriles is 1. The molecule has 0 aromatic heterocycles. The summed E-state index contributed by atoms with van der Waals surface area (Å²) < 4.78 is 5.26. The molecule has 0 spiro atoms. The Morgan fingerprint density at radius 3 is 2.52 bits per heavy atom. The summed E-state index contributed by atoms with van der Waals surface area (Å²) in [5, 5.41) is 12.2. The van der Waals surface area contributed by atoms with Crippen LogP contribution in [0.25, 0.3) is 0 Å². The van der Waals surface area contributed by atoms with Crippen molar-refractivity contribution in [3.8, 4) is 6.07 Å². The van der Waals surface area contributed by atoms with Crippen molar-refractivity contribution < 1.29 is 14.3 Å². The number of anilines is 1. The summed E-state index contributed by atoms with van der Waals surface area (Å²) in [6, 6.07) is 9.16. The molecule has 0 unspecified atom stereocenters. The molecular formula is C17H19N3O3. The number of carbonyl (C=O) groups is 2. The Morgan fingerprint density at radius 1 is 1.26 bits per heavy atom. The largest absolute Gasteiger partial charge is 0.381 e. The molecule has 2 aliphatic rings. The highest BCUT2D eigenvalue weighted by Crippen LogP contribution is 2.23. The van der Waals surface area contributed by atoms with Gasteiger partial charge in [-0.15, -0.1) is 0 Å². The summed E-state index contributed by atoms with van der Waals surface area (Å²) in [5.74, 6) is -0.152. The zero-order chi connectivity index (χ0) is 16.3. The first-order valence-corrected chi connectivity index (χ1v) is 7.85. The molecule has 0 radical (unpaired) electrons. The van der Waals surface area contributed by atoms with Gasteiger partial charge in [0.1, 0.15) is 5.54 Å². The van der Waals surface area contributed by atoms with E-state index in [0.717, 1.165) is 18.7 Å². The van der Waals surface area contributed by atoms with Crippen LogP contribution in [0.4, 0.5) is 5.69 Å². The molecule has 23 heavy (non-hydrogen) atoms. The van der Waals surface area contributed by atoms with Crippen molar-refractivity contribution in [1.29, 1.82) is 5.26 Å². The molecular weight excluding hydrogens is 294 g/mol. The van der Waals surface area contributed by atoms with E-state index in [1.165, 1.54) is 0 Å². The summed E-state index contributed by atoms with van der Waals surface area (Å²) in [6.45, 7) is 1.68. The maximum Gasteiger partial charge on any atom is 0.252 e. The van der Waals surface area contributed by atoms with Crippen molar-refractivity contribution in [2.75, 3.05) is 24.7 Å². The number of amides is 2. The van der Waals surface area contributed by atoms with Gasteiger partial charge >= 0.3 is 0 Å². The summed E-state index contributed by atoms with van der Waals surface area (Å²) in [4.78, 5) is 25.9. The van der Waals surface area contributed by atoms with Crippen LogP contribution in [0.3, 0.4) is 0 Å². The molecule has 0 aliphatic carbocycles. The van der Waals surface area contributed by atoms with E-state index >= 15 is 0 Å². The average Bonchev–Trinajstić information content (AvgIpc) is 3.02. The van der Waals surface area contributed by atoms with E-state index < -0.39 is 5.54 Å². The third kappa shape index (κ3) is 3.20. The number of nitrogens with zero attached hydrogens (tertiary/aromatic N) is 2. The monoisotopic (exact) mass is 313 g/mol. The third-order valence-corrected chi connectivity index (χ3v) is 4.43. The second-order valence-corrected chi connectivity index (χ2v) is 5.96. The second kappa shape index (κ2) is 6.39. The van der Waals surface area contributed by atoms with E-state index in [1.807, 2.05) is 0 Å². The van der Waals surface area contributed by atoms with Gasteiger partial charge < -0.3 is 15.0 Å². The SMILES string of the molecule is N#CC1(NC(=O)c2ccc(N3CCCC3=O)cc2)CCOCC1. The van der Waals surface area contributed by atoms with Crippen LogP contribution in [0.5, 0.6) is 0 Å². The number of carbonyl (C=O) groups excluding carboxylic acids is 2. The summed E-state index contributed by atoms with van der Waals surface area (Å²) in [6.07, 6.45) is 2.44. The lowest BCUT2D eigenvalue weighted by molar-refractivity contribution is -0.117. The van der Waals surface area contributed by atoms with Crippen LogP contribution < -0.4 is 10.2 Å². The molecule has 2 amide bonds. The van der Waals surface area contributed by atoms with Crippen LogP contribution in [0.15, 0.2) is 24.3 Å². The van der Waals surface area contributed by atoms with E-state index in [2.05, 4.69) is 11.4 Å². The fourth-order valence-corrected chi connectivity index (χ4v) is 2.99. The van der Waals surface area contributed by atoms with Gasteiger partial charge in [0.25, 0.3) is 5.91 Å². The lowest BCUT2D eigenvalue weighted by atomic mass is 9.91. The Morgan fingerprint density at radius 2 is 1.96 bits per heavy atom. The Labute approximate surface area is 135 Å². The normalized spacial score (nSPS) is 20.1. The van der Waals surface area contributed by atoms with Gasteiger partial charge in [0, 0.05) is 50.3 Å². The summed E-state index contributed by atoms with van der Waals surface area (Å²) >= 11 is 0. The van der Waals surface area contributed by atoms with Crippen molar-refractivity contribution >= 4 is 17.5 Å². The van der Waals surface area contributed by atoms with Gasteiger partial charge in [0.05, 0.1) is 6.07 Å².